The molecule has 1 nitrogen and oxygen atoms in total. The molecule has 0 amide bonds. The monoisotopic (exact) mass is 172 g/mol. The number of hydrogen-bond donors (Lipinski definition) is 0. The second kappa shape index (κ2) is 3.81. The molecule has 1 aliphatic carbocycles. The molecule has 0 radical (unpaired) electrons. The van der Waals surface area contributed by atoms with Gasteiger partial charge in [0.05, 0.1) is 6.10 Å². The van der Waals surface area contributed by atoms with Crippen LogP contribution < -0.4 is 0 Å². The molecular weight excluding hydrogens is 156 g/mol. The average Bonchev–Trinajstić information content (AvgIpc) is 2.36. The van der Waals surface area contributed by atoms with Gasteiger partial charge in [-0.3, -0.25) is 0 Å². The minimum atomic E-state index is 0.598. The Labute approximate surface area is 72.9 Å². The molecule has 0 aromatic heterocycles. The third-order valence-corrected chi connectivity index (χ3v) is 4.10. The first-order chi connectivity index (χ1) is 5.45. The molecule has 0 spiro atoms. The van der Waals surface area contributed by atoms with Crippen LogP contribution in [0.2, 0.25) is 0 Å². The van der Waals surface area contributed by atoms with E-state index >= 15 is 0 Å². The lowest BCUT2D eigenvalue weighted by atomic mass is 10.0. The predicted octanol–water partition coefficient (Wildman–Crippen LogP) is 2.45. The number of thioether (sulfide) groups is 1. The summed E-state index contributed by atoms with van der Waals surface area (Å²) >= 11 is 2.14. The summed E-state index contributed by atoms with van der Waals surface area (Å²) in [5.74, 6) is 1.25. The first-order valence-electron chi connectivity index (χ1n) is 4.68. The molecule has 2 rings (SSSR count). The predicted molar refractivity (Wildman–Crippen MR) is 49.1 cm³/mol. The van der Waals surface area contributed by atoms with E-state index in [-0.39, 0.29) is 0 Å². The van der Waals surface area contributed by atoms with Crippen LogP contribution in [0, 0.1) is 0 Å². The Bertz CT molecular complexity index is 117. The molecular formula is C9H16OS. The van der Waals surface area contributed by atoms with E-state index in [4.69, 9.17) is 4.74 Å². The quantitative estimate of drug-likeness (QED) is 0.646. The molecule has 11 heavy (non-hydrogen) atoms. The van der Waals surface area contributed by atoms with E-state index < -0.39 is 0 Å². The lowest BCUT2D eigenvalue weighted by molar-refractivity contribution is 0.128. The van der Waals surface area contributed by atoms with Gasteiger partial charge < -0.3 is 4.74 Å². The Morgan fingerprint density at radius 1 is 1.18 bits per heavy atom. The van der Waals surface area contributed by atoms with Gasteiger partial charge in [0.2, 0.25) is 0 Å². The van der Waals surface area contributed by atoms with Crippen molar-refractivity contribution >= 4 is 11.8 Å². The SMILES string of the molecule is C1COC(CSC2CCC2)C1. The van der Waals surface area contributed by atoms with E-state index in [1.165, 1.54) is 37.9 Å². The minimum Gasteiger partial charge on any atom is -0.377 e. The zero-order valence-electron chi connectivity index (χ0n) is 6.92. The second-order valence-corrected chi connectivity index (χ2v) is 4.85. The lowest BCUT2D eigenvalue weighted by Crippen LogP contribution is -2.17. The molecule has 64 valence electrons. The number of hydrogen-bond acceptors (Lipinski definition) is 2. The van der Waals surface area contributed by atoms with Crippen LogP contribution in [0.25, 0.3) is 0 Å². The van der Waals surface area contributed by atoms with Gasteiger partial charge in [0.1, 0.15) is 0 Å². The highest BCUT2D eigenvalue weighted by Crippen LogP contribution is 2.32. The Hall–Kier alpha value is 0.310. The van der Waals surface area contributed by atoms with E-state index in [2.05, 4.69) is 11.8 Å². The molecule has 2 aliphatic rings. The molecule has 1 aliphatic heterocycles. The van der Waals surface area contributed by atoms with Crippen LogP contribution in [0.15, 0.2) is 0 Å². The minimum absolute atomic E-state index is 0.598. The van der Waals surface area contributed by atoms with Crippen molar-refractivity contribution in [3.8, 4) is 0 Å². The van der Waals surface area contributed by atoms with E-state index in [1.54, 1.807) is 0 Å². The van der Waals surface area contributed by atoms with Crippen molar-refractivity contribution in [1.82, 2.24) is 0 Å². The Balaban J connectivity index is 1.57. The first-order valence-corrected chi connectivity index (χ1v) is 5.73. The van der Waals surface area contributed by atoms with Gasteiger partial charge in [0.15, 0.2) is 0 Å². The molecule has 1 heterocycles. The van der Waals surface area contributed by atoms with Gasteiger partial charge in [0, 0.05) is 17.6 Å². The topological polar surface area (TPSA) is 9.23 Å². The van der Waals surface area contributed by atoms with Gasteiger partial charge in [-0.1, -0.05) is 6.42 Å². The Morgan fingerprint density at radius 3 is 2.64 bits per heavy atom. The van der Waals surface area contributed by atoms with E-state index in [1.807, 2.05) is 0 Å². The van der Waals surface area contributed by atoms with Crippen LogP contribution in [0.4, 0.5) is 0 Å². The van der Waals surface area contributed by atoms with Crippen LogP contribution in [0.5, 0.6) is 0 Å². The summed E-state index contributed by atoms with van der Waals surface area (Å²) in [5, 5.41) is 0.985. The highest BCUT2D eigenvalue weighted by molar-refractivity contribution is 8.00. The second-order valence-electron chi connectivity index (χ2n) is 3.52. The third-order valence-electron chi connectivity index (χ3n) is 2.59. The molecule has 0 bridgehead atoms. The Kier molecular flexibility index (Phi) is 2.75. The summed E-state index contributed by atoms with van der Waals surface area (Å²) in [5.41, 5.74) is 0. The molecule has 0 N–H and O–H groups in total. The van der Waals surface area contributed by atoms with Crippen molar-refractivity contribution in [1.29, 1.82) is 0 Å². The number of rotatable bonds is 3. The summed E-state index contributed by atoms with van der Waals surface area (Å²) < 4.78 is 5.55. The van der Waals surface area contributed by atoms with Gasteiger partial charge in [-0.25, -0.2) is 0 Å². The molecule has 0 aromatic rings. The van der Waals surface area contributed by atoms with Crippen molar-refractivity contribution in [2.24, 2.45) is 0 Å². The van der Waals surface area contributed by atoms with Gasteiger partial charge in [-0.15, -0.1) is 0 Å². The molecule has 1 atom stereocenters. The van der Waals surface area contributed by atoms with Crippen LogP contribution in [-0.2, 0) is 4.74 Å². The zero-order valence-corrected chi connectivity index (χ0v) is 7.74. The standard InChI is InChI=1S/C9H16OS/c1-4-9(5-1)11-7-8-3-2-6-10-8/h8-9H,1-7H2. The number of ether oxygens (including phenoxy) is 1. The maximum Gasteiger partial charge on any atom is 0.0666 e. The highest BCUT2D eigenvalue weighted by atomic mass is 32.2. The fourth-order valence-corrected chi connectivity index (χ4v) is 2.97. The van der Waals surface area contributed by atoms with E-state index in [9.17, 15) is 0 Å². The van der Waals surface area contributed by atoms with Crippen molar-refractivity contribution in [3.63, 3.8) is 0 Å². The van der Waals surface area contributed by atoms with Gasteiger partial charge >= 0.3 is 0 Å². The molecule has 1 unspecified atom stereocenters. The Morgan fingerprint density at radius 2 is 2.09 bits per heavy atom. The highest BCUT2D eigenvalue weighted by Gasteiger charge is 2.21. The fraction of sp³-hybridized carbons (Fsp3) is 1.00. The van der Waals surface area contributed by atoms with Crippen molar-refractivity contribution in [2.75, 3.05) is 12.4 Å². The van der Waals surface area contributed by atoms with Gasteiger partial charge in [-0.2, -0.15) is 11.8 Å². The van der Waals surface area contributed by atoms with Crippen LogP contribution in [0.1, 0.15) is 32.1 Å². The van der Waals surface area contributed by atoms with E-state index in [0.29, 0.717) is 6.10 Å². The van der Waals surface area contributed by atoms with Crippen molar-refractivity contribution < 1.29 is 4.74 Å². The molecule has 0 aromatic carbocycles. The van der Waals surface area contributed by atoms with Gasteiger partial charge in [-0.05, 0) is 25.7 Å². The molecule has 1 saturated carbocycles. The zero-order chi connectivity index (χ0) is 7.52. The summed E-state index contributed by atoms with van der Waals surface area (Å²) in [6, 6.07) is 0. The summed E-state index contributed by atoms with van der Waals surface area (Å²) in [6.45, 7) is 1.01. The average molecular weight is 172 g/mol. The normalized spacial score (nSPS) is 32.2. The van der Waals surface area contributed by atoms with Crippen molar-refractivity contribution in [2.45, 2.75) is 43.5 Å². The smallest absolute Gasteiger partial charge is 0.0666 e. The summed E-state index contributed by atoms with van der Waals surface area (Å²) in [4.78, 5) is 0. The molecule has 1 saturated heterocycles. The lowest BCUT2D eigenvalue weighted by Gasteiger charge is -2.25. The van der Waals surface area contributed by atoms with Crippen LogP contribution in [-0.4, -0.2) is 23.7 Å². The molecule has 2 heteroatoms. The largest absolute Gasteiger partial charge is 0.377 e. The van der Waals surface area contributed by atoms with Crippen LogP contribution >= 0.6 is 11.8 Å². The maximum atomic E-state index is 5.55. The third kappa shape index (κ3) is 2.12. The summed E-state index contributed by atoms with van der Waals surface area (Å²) in [6.07, 6.45) is 7.56. The molecule has 2 fully saturated rings. The van der Waals surface area contributed by atoms with Crippen LogP contribution in [0.3, 0.4) is 0 Å². The first kappa shape index (κ1) is 7.93. The van der Waals surface area contributed by atoms with Gasteiger partial charge in [0.25, 0.3) is 0 Å². The maximum absolute atomic E-state index is 5.55. The summed E-state index contributed by atoms with van der Waals surface area (Å²) in [7, 11) is 0. The van der Waals surface area contributed by atoms with E-state index in [0.717, 1.165) is 11.9 Å². The fourth-order valence-electron chi connectivity index (χ4n) is 1.56. The van der Waals surface area contributed by atoms with Crippen molar-refractivity contribution in [3.05, 3.63) is 0 Å².